The molecule has 1 amide bonds. The van der Waals surface area contributed by atoms with Gasteiger partial charge in [-0.05, 0) is 12.8 Å². The fourth-order valence-electron chi connectivity index (χ4n) is 2.93. The maximum atomic E-state index is 12.1. The maximum absolute atomic E-state index is 12.1. The molecule has 0 aromatic carbocycles. The Labute approximate surface area is 113 Å². The zero-order chi connectivity index (χ0) is 13.7. The lowest BCUT2D eigenvalue weighted by atomic mass is 9.81. The van der Waals surface area contributed by atoms with E-state index in [1.54, 1.807) is 0 Å². The number of carboxylic acids is 1. The number of carbonyl (C=O) groups excluding carboxylic acids is 1. The van der Waals surface area contributed by atoms with Crippen molar-refractivity contribution in [1.29, 1.82) is 0 Å². The summed E-state index contributed by atoms with van der Waals surface area (Å²) in [6.07, 6.45) is 3.91. The molecule has 0 bridgehead atoms. The summed E-state index contributed by atoms with van der Waals surface area (Å²) in [6.45, 7) is 3.76. The second-order valence-electron chi connectivity index (χ2n) is 5.52. The quantitative estimate of drug-likeness (QED) is 0.658. The van der Waals surface area contributed by atoms with Crippen molar-refractivity contribution in [2.75, 3.05) is 32.7 Å². The molecular formula is C13H23N3O3. The monoisotopic (exact) mass is 269 g/mol. The van der Waals surface area contributed by atoms with Gasteiger partial charge in [0.2, 0.25) is 5.91 Å². The first kappa shape index (κ1) is 14.3. The third-order valence-corrected chi connectivity index (χ3v) is 4.07. The van der Waals surface area contributed by atoms with E-state index in [-0.39, 0.29) is 5.91 Å². The largest absolute Gasteiger partial charge is 0.480 e. The van der Waals surface area contributed by atoms with Gasteiger partial charge in [0.25, 0.3) is 0 Å². The number of piperazine rings is 1. The summed E-state index contributed by atoms with van der Waals surface area (Å²) in [5.74, 6) is -1.05. The Kier molecular flexibility index (Phi) is 4.76. The number of nitrogens with zero attached hydrogens (tertiary/aromatic N) is 1. The molecule has 2 aliphatic rings. The molecule has 0 radical (unpaired) electrons. The first-order valence-corrected chi connectivity index (χ1v) is 7.10. The van der Waals surface area contributed by atoms with Crippen molar-refractivity contribution in [1.82, 2.24) is 15.5 Å². The minimum atomic E-state index is -1.02. The Hall–Kier alpha value is -1.14. The highest BCUT2D eigenvalue weighted by atomic mass is 16.4. The van der Waals surface area contributed by atoms with Gasteiger partial charge in [-0.3, -0.25) is 9.69 Å². The van der Waals surface area contributed by atoms with Crippen LogP contribution in [-0.2, 0) is 9.59 Å². The molecule has 108 valence electrons. The molecule has 0 aromatic rings. The van der Waals surface area contributed by atoms with Gasteiger partial charge >= 0.3 is 5.97 Å². The van der Waals surface area contributed by atoms with Crippen LogP contribution in [0.4, 0.5) is 0 Å². The Morgan fingerprint density at radius 3 is 2.37 bits per heavy atom. The summed E-state index contributed by atoms with van der Waals surface area (Å²) in [4.78, 5) is 25.6. The van der Waals surface area contributed by atoms with Crippen molar-refractivity contribution in [3.8, 4) is 0 Å². The third-order valence-electron chi connectivity index (χ3n) is 4.07. The standard InChI is InChI=1S/C13H23N3O3/c17-11(10-16-8-6-14-7-9-16)15-13(12(18)19)4-2-1-3-5-13/h14H,1-10H2,(H,15,17)(H,18,19). The molecule has 3 N–H and O–H groups in total. The van der Waals surface area contributed by atoms with Gasteiger partial charge in [0.1, 0.15) is 5.54 Å². The zero-order valence-corrected chi connectivity index (χ0v) is 11.3. The molecule has 1 heterocycles. The van der Waals surface area contributed by atoms with Crippen LogP contribution in [0.25, 0.3) is 0 Å². The third kappa shape index (κ3) is 3.67. The fraction of sp³-hybridized carbons (Fsp3) is 0.846. The molecule has 0 aromatic heterocycles. The highest BCUT2D eigenvalue weighted by Crippen LogP contribution is 2.28. The number of rotatable bonds is 4. The van der Waals surface area contributed by atoms with E-state index < -0.39 is 11.5 Å². The lowest BCUT2D eigenvalue weighted by Crippen LogP contribution is -2.58. The van der Waals surface area contributed by atoms with E-state index in [4.69, 9.17) is 0 Å². The summed E-state index contributed by atoms with van der Waals surface area (Å²) in [5, 5.41) is 15.4. The SMILES string of the molecule is O=C(CN1CCNCC1)NC1(C(=O)O)CCCCC1. The average molecular weight is 269 g/mol. The number of hydrogen-bond donors (Lipinski definition) is 3. The van der Waals surface area contributed by atoms with E-state index in [0.29, 0.717) is 19.4 Å². The van der Waals surface area contributed by atoms with Gasteiger partial charge in [-0.15, -0.1) is 0 Å². The normalized spacial score (nSPS) is 23.8. The van der Waals surface area contributed by atoms with E-state index in [1.807, 2.05) is 0 Å². The van der Waals surface area contributed by atoms with Gasteiger partial charge in [-0.25, -0.2) is 4.79 Å². The molecular weight excluding hydrogens is 246 g/mol. The van der Waals surface area contributed by atoms with Gasteiger partial charge in [0, 0.05) is 26.2 Å². The van der Waals surface area contributed by atoms with Crippen LogP contribution in [0.5, 0.6) is 0 Å². The molecule has 1 aliphatic heterocycles. The summed E-state index contributed by atoms with van der Waals surface area (Å²) in [7, 11) is 0. The van der Waals surface area contributed by atoms with Crippen LogP contribution in [0.15, 0.2) is 0 Å². The average Bonchev–Trinajstić information content (AvgIpc) is 2.40. The molecule has 19 heavy (non-hydrogen) atoms. The molecule has 0 spiro atoms. The minimum Gasteiger partial charge on any atom is -0.480 e. The number of carboxylic acid groups (broad SMARTS) is 1. The van der Waals surface area contributed by atoms with E-state index in [9.17, 15) is 14.7 Å². The molecule has 1 saturated heterocycles. The second-order valence-corrected chi connectivity index (χ2v) is 5.52. The van der Waals surface area contributed by atoms with Crippen LogP contribution in [-0.4, -0.2) is 60.1 Å². The molecule has 6 nitrogen and oxygen atoms in total. The topological polar surface area (TPSA) is 81.7 Å². The van der Waals surface area contributed by atoms with Crippen LogP contribution < -0.4 is 10.6 Å². The van der Waals surface area contributed by atoms with Gasteiger partial charge in [0.15, 0.2) is 0 Å². The van der Waals surface area contributed by atoms with Gasteiger partial charge < -0.3 is 15.7 Å². The van der Waals surface area contributed by atoms with Gasteiger partial charge in [-0.2, -0.15) is 0 Å². The maximum Gasteiger partial charge on any atom is 0.329 e. The van der Waals surface area contributed by atoms with Crippen molar-refractivity contribution in [2.45, 2.75) is 37.6 Å². The Morgan fingerprint density at radius 1 is 1.16 bits per heavy atom. The molecule has 1 aliphatic carbocycles. The van der Waals surface area contributed by atoms with Crippen molar-refractivity contribution >= 4 is 11.9 Å². The summed E-state index contributed by atoms with van der Waals surface area (Å²) >= 11 is 0. The first-order valence-electron chi connectivity index (χ1n) is 7.10. The summed E-state index contributed by atoms with van der Waals surface area (Å²) < 4.78 is 0. The van der Waals surface area contributed by atoms with E-state index in [0.717, 1.165) is 45.4 Å². The lowest BCUT2D eigenvalue weighted by molar-refractivity contribution is -0.149. The van der Waals surface area contributed by atoms with Crippen LogP contribution in [0.2, 0.25) is 0 Å². The van der Waals surface area contributed by atoms with Crippen molar-refractivity contribution in [3.05, 3.63) is 0 Å². The Balaban J connectivity index is 1.89. The van der Waals surface area contributed by atoms with Gasteiger partial charge in [-0.1, -0.05) is 19.3 Å². The molecule has 2 fully saturated rings. The zero-order valence-electron chi connectivity index (χ0n) is 11.3. The predicted octanol–water partition coefficient (Wildman–Crippen LogP) is -0.205. The number of aliphatic carboxylic acids is 1. The van der Waals surface area contributed by atoms with Crippen molar-refractivity contribution in [3.63, 3.8) is 0 Å². The summed E-state index contributed by atoms with van der Waals surface area (Å²) in [6, 6.07) is 0. The predicted molar refractivity (Wildman–Crippen MR) is 70.9 cm³/mol. The van der Waals surface area contributed by atoms with Crippen LogP contribution >= 0.6 is 0 Å². The number of amides is 1. The molecule has 1 saturated carbocycles. The Morgan fingerprint density at radius 2 is 1.79 bits per heavy atom. The summed E-state index contributed by atoms with van der Waals surface area (Å²) in [5.41, 5.74) is -1.02. The molecule has 6 heteroatoms. The van der Waals surface area contributed by atoms with Gasteiger partial charge in [0.05, 0.1) is 6.54 Å². The molecule has 2 rings (SSSR count). The number of hydrogen-bond acceptors (Lipinski definition) is 4. The van der Waals surface area contributed by atoms with E-state index >= 15 is 0 Å². The van der Waals surface area contributed by atoms with Crippen molar-refractivity contribution in [2.24, 2.45) is 0 Å². The first-order chi connectivity index (χ1) is 9.12. The lowest BCUT2D eigenvalue weighted by Gasteiger charge is -2.35. The van der Waals surface area contributed by atoms with Crippen molar-refractivity contribution < 1.29 is 14.7 Å². The Bertz CT molecular complexity index is 334. The number of nitrogens with one attached hydrogen (secondary N) is 2. The highest BCUT2D eigenvalue weighted by Gasteiger charge is 2.41. The van der Waals surface area contributed by atoms with Crippen LogP contribution in [0.3, 0.4) is 0 Å². The fourth-order valence-corrected chi connectivity index (χ4v) is 2.93. The molecule has 0 unspecified atom stereocenters. The van der Waals surface area contributed by atoms with Crippen LogP contribution in [0, 0.1) is 0 Å². The molecule has 0 atom stereocenters. The smallest absolute Gasteiger partial charge is 0.329 e. The van der Waals surface area contributed by atoms with E-state index in [1.165, 1.54) is 0 Å². The number of carbonyl (C=O) groups is 2. The second kappa shape index (κ2) is 6.34. The minimum absolute atomic E-state index is 0.161. The van der Waals surface area contributed by atoms with E-state index in [2.05, 4.69) is 15.5 Å². The highest BCUT2D eigenvalue weighted by molar-refractivity contribution is 5.88. The van der Waals surface area contributed by atoms with Crippen LogP contribution in [0.1, 0.15) is 32.1 Å².